The molecule has 9 heteroatoms. The smallest absolute Gasteiger partial charge is 0.217 e. The van der Waals surface area contributed by atoms with Crippen LogP contribution in [0.4, 0.5) is 0 Å². The number of carbonyl (C=O) groups is 1. The summed E-state index contributed by atoms with van der Waals surface area (Å²) in [6.45, 7) is 4.13. The summed E-state index contributed by atoms with van der Waals surface area (Å²) in [6.07, 6.45) is -2.00. The molecular formula is C18H26N4O5. The quantitative estimate of drug-likeness (QED) is 0.385. The van der Waals surface area contributed by atoms with Gasteiger partial charge in [-0.15, -0.1) is 0 Å². The van der Waals surface area contributed by atoms with Gasteiger partial charge < -0.3 is 24.6 Å². The summed E-state index contributed by atoms with van der Waals surface area (Å²) in [5, 5.41) is 16.9. The average molecular weight is 378 g/mol. The second-order valence-corrected chi connectivity index (χ2v) is 6.33. The predicted molar refractivity (Wildman–Crippen MR) is 97.5 cm³/mol. The monoisotopic (exact) mass is 378 g/mol. The molecule has 0 aliphatic carbocycles. The van der Waals surface area contributed by atoms with Crippen LogP contribution in [0.1, 0.15) is 25.8 Å². The van der Waals surface area contributed by atoms with Crippen LogP contribution in [0.5, 0.6) is 0 Å². The molecule has 9 nitrogen and oxygen atoms in total. The molecule has 1 aliphatic heterocycles. The van der Waals surface area contributed by atoms with Gasteiger partial charge in [-0.2, -0.15) is 0 Å². The van der Waals surface area contributed by atoms with Crippen molar-refractivity contribution in [3.8, 4) is 0 Å². The van der Waals surface area contributed by atoms with Crippen molar-refractivity contribution >= 4 is 5.91 Å². The fraction of sp³-hybridized carbons (Fsp3) is 0.611. The van der Waals surface area contributed by atoms with Gasteiger partial charge in [0.25, 0.3) is 0 Å². The fourth-order valence-corrected chi connectivity index (χ4v) is 2.90. The van der Waals surface area contributed by atoms with E-state index in [1.54, 1.807) is 0 Å². The maximum absolute atomic E-state index is 11.5. The summed E-state index contributed by atoms with van der Waals surface area (Å²) >= 11 is 0. The van der Waals surface area contributed by atoms with Crippen LogP contribution in [-0.2, 0) is 25.6 Å². The van der Waals surface area contributed by atoms with Crippen LogP contribution in [0.3, 0.4) is 0 Å². The van der Waals surface area contributed by atoms with Crippen molar-refractivity contribution in [2.45, 2.75) is 57.5 Å². The lowest BCUT2D eigenvalue weighted by Crippen LogP contribution is -2.64. The van der Waals surface area contributed by atoms with Crippen molar-refractivity contribution < 1.29 is 24.1 Å². The molecule has 1 saturated heterocycles. The van der Waals surface area contributed by atoms with Gasteiger partial charge in [0.2, 0.25) is 5.91 Å². The molecule has 2 rings (SSSR count). The van der Waals surface area contributed by atoms with Gasteiger partial charge in [-0.3, -0.25) is 4.79 Å². The Labute approximate surface area is 158 Å². The first-order chi connectivity index (χ1) is 13.1. The van der Waals surface area contributed by atoms with Crippen LogP contribution in [0.25, 0.3) is 10.4 Å². The third kappa shape index (κ3) is 6.20. The average Bonchev–Trinajstić information content (AvgIpc) is 2.66. The van der Waals surface area contributed by atoms with Gasteiger partial charge in [-0.1, -0.05) is 42.4 Å². The molecule has 1 aliphatic rings. The Morgan fingerprint density at radius 2 is 2.15 bits per heavy atom. The molecule has 0 radical (unpaired) electrons. The van der Waals surface area contributed by atoms with E-state index in [1.165, 1.54) is 6.92 Å². The maximum atomic E-state index is 11.5. The molecule has 0 saturated carbocycles. The third-order valence-corrected chi connectivity index (χ3v) is 4.14. The molecule has 1 aromatic rings. The van der Waals surface area contributed by atoms with Crippen LogP contribution < -0.4 is 5.32 Å². The minimum atomic E-state index is -1.14. The predicted octanol–water partition coefficient (Wildman–Crippen LogP) is 1.90. The lowest BCUT2D eigenvalue weighted by Gasteiger charge is -2.43. The summed E-state index contributed by atoms with van der Waals surface area (Å²) in [4.78, 5) is 14.3. The zero-order chi connectivity index (χ0) is 19.6. The fourth-order valence-electron chi connectivity index (χ4n) is 2.90. The van der Waals surface area contributed by atoms with E-state index in [0.29, 0.717) is 13.2 Å². The Morgan fingerprint density at radius 3 is 2.78 bits per heavy atom. The number of carbonyl (C=O) groups excluding carboxylic acids is 1. The highest BCUT2D eigenvalue weighted by atomic mass is 16.7. The number of azide groups is 1. The standard InChI is InChI=1S/C18H26N4O5/c1-3-9-26-18-16(20-12(2)23)15(21-22-19)17(24)14(27-18)11-25-10-13-7-5-4-6-8-13/h4-8,14-18,24H,3,9-11H2,1-2H3,(H,20,23)/t14-,15-,16-,17-,18-/m1/s1. The Hall–Kier alpha value is -2.16. The molecule has 0 aromatic heterocycles. The van der Waals surface area contributed by atoms with Gasteiger partial charge in [-0.05, 0) is 17.5 Å². The first-order valence-electron chi connectivity index (χ1n) is 8.95. The highest BCUT2D eigenvalue weighted by Gasteiger charge is 2.46. The number of rotatable bonds is 9. The van der Waals surface area contributed by atoms with Crippen LogP contribution in [-0.4, -0.2) is 54.8 Å². The molecule has 148 valence electrons. The summed E-state index contributed by atoms with van der Waals surface area (Å²) in [7, 11) is 0. The lowest BCUT2D eigenvalue weighted by atomic mass is 9.94. The number of hydrogen-bond acceptors (Lipinski definition) is 6. The topological polar surface area (TPSA) is 126 Å². The number of ether oxygens (including phenoxy) is 3. The molecule has 1 heterocycles. The Kier molecular flexibility index (Phi) is 8.50. The van der Waals surface area contributed by atoms with E-state index >= 15 is 0 Å². The highest BCUT2D eigenvalue weighted by Crippen LogP contribution is 2.25. The second-order valence-electron chi connectivity index (χ2n) is 6.33. The largest absolute Gasteiger partial charge is 0.390 e. The van der Waals surface area contributed by atoms with E-state index in [-0.39, 0.29) is 12.5 Å². The van der Waals surface area contributed by atoms with Crippen LogP contribution >= 0.6 is 0 Å². The number of amides is 1. The van der Waals surface area contributed by atoms with Gasteiger partial charge in [-0.25, -0.2) is 0 Å². The molecular weight excluding hydrogens is 352 g/mol. The molecule has 27 heavy (non-hydrogen) atoms. The Balaban J connectivity index is 2.08. The zero-order valence-corrected chi connectivity index (χ0v) is 15.5. The number of hydrogen-bond donors (Lipinski definition) is 2. The summed E-state index contributed by atoms with van der Waals surface area (Å²) in [5.74, 6) is -0.335. The van der Waals surface area contributed by atoms with Crippen molar-refractivity contribution in [3.63, 3.8) is 0 Å². The van der Waals surface area contributed by atoms with Crippen LogP contribution in [0, 0.1) is 0 Å². The van der Waals surface area contributed by atoms with E-state index in [1.807, 2.05) is 37.3 Å². The Bertz CT molecular complexity index is 638. The van der Waals surface area contributed by atoms with Crippen molar-refractivity contribution in [2.75, 3.05) is 13.2 Å². The highest BCUT2D eigenvalue weighted by molar-refractivity contribution is 5.73. The summed E-state index contributed by atoms with van der Waals surface area (Å²) in [5.41, 5.74) is 9.87. The molecule has 0 unspecified atom stereocenters. The van der Waals surface area contributed by atoms with Crippen LogP contribution in [0.15, 0.2) is 35.4 Å². The first-order valence-corrected chi connectivity index (χ1v) is 8.95. The molecule has 1 amide bonds. The summed E-state index contributed by atoms with van der Waals surface area (Å²) in [6, 6.07) is 7.89. The number of aliphatic hydroxyl groups excluding tert-OH is 1. The number of benzene rings is 1. The normalized spacial score (nSPS) is 27.6. The minimum Gasteiger partial charge on any atom is -0.390 e. The molecule has 0 spiro atoms. The van der Waals surface area contributed by atoms with Crippen molar-refractivity contribution in [1.29, 1.82) is 0 Å². The number of nitrogens with one attached hydrogen (secondary N) is 1. The van der Waals surface area contributed by atoms with Gasteiger partial charge in [0.1, 0.15) is 6.10 Å². The van der Waals surface area contributed by atoms with Gasteiger partial charge >= 0.3 is 0 Å². The molecule has 0 bridgehead atoms. The minimum absolute atomic E-state index is 0.0896. The third-order valence-electron chi connectivity index (χ3n) is 4.14. The van der Waals surface area contributed by atoms with E-state index in [2.05, 4.69) is 15.3 Å². The second kappa shape index (κ2) is 10.9. The van der Waals surface area contributed by atoms with Crippen molar-refractivity contribution in [3.05, 3.63) is 46.3 Å². The lowest BCUT2D eigenvalue weighted by molar-refractivity contribution is -0.250. The zero-order valence-electron chi connectivity index (χ0n) is 15.5. The molecule has 2 N–H and O–H groups in total. The van der Waals surface area contributed by atoms with E-state index in [0.717, 1.165) is 12.0 Å². The van der Waals surface area contributed by atoms with E-state index < -0.39 is 30.6 Å². The first kappa shape index (κ1) is 21.1. The summed E-state index contributed by atoms with van der Waals surface area (Å²) < 4.78 is 17.2. The van der Waals surface area contributed by atoms with Gasteiger partial charge in [0.15, 0.2) is 6.29 Å². The molecule has 1 aromatic carbocycles. The number of aliphatic hydroxyl groups is 1. The van der Waals surface area contributed by atoms with Crippen LogP contribution in [0.2, 0.25) is 0 Å². The van der Waals surface area contributed by atoms with Crippen molar-refractivity contribution in [1.82, 2.24) is 5.32 Å². The maximum Gasteiger partial charge on any atom is 0.217 e. The van der Waals surface area contributed by atoms with Gasteiger partial charge in [0.05, 0.1) is 31.4 Å². The SMILES string of the molecule is CCCO[C@@H]1O[C@H](COCc2ccccc2)[C@@H](O)[C@H](N=[N+]=[N-])[C@H]1NC(C)=O. The van der Waals surface area contributed by atoms with E-state index in [9.17, 15) is 9.90 Å². The van der Waals surface area contributed by atoms with Crippen molar-refractivity contribution in [2.24, 2.45) is 5.11 Å². The Morgan fingerprint density at radius 1 is 1.41 bits per heavy atom. The molecule has 1 fully saturated rings. The molecule has 5 atom stereocenters. The van der Waals surface area contributed by atoms with Gasteiger partial charge in [0, 0.05) is 18.4 Å². The van der Waals surface area contributed by atoms with E-state index in [4.69, 9.17) is 19.7 Å². The number of nitrogens with zero attached hydrogens (tertiary/aromatic N) is 3.